The summed E-state index contributed by atoms with van der Waals surface area (Å²) < 4.78 is 2.64. The van der Waals surface area contributed by atoms with Crippen molar-refractivity contribution in [3.8, 4) is 5.69 Å². The van der Waals surface area contributed by atoms with Gasteiger partial charge < -0.3 is 11.5 Å². The van der Waals surface area contributed by atoms with E-state index in [9.17, 15) is 4.79 Å². The predicted octanol–water partition coefficient (Wildman–Crippen LogP) is 2.01. The first-order chi connectivity index (χ1) is 9.51. The third-order valence-corrected chi connectivity index (χ3v) is 3.63. The number of amides is 1. The second-order valence-electron chi connectivity index (χ2n) is 4.66. The molecule has 0 saturated heterocycles. The minimum Gasteiger partial charge on any atom is -0.364 e. The predicted molar refractivity (Wildman–Crippen MR) is 81.8 cm³/mol. The van der Waals surface area contributed by atoms with Crippen molar-refractivity contribution < 1.29 is 4.79 Å². The Balaban J connectivity index is 2.41. The van der Waals surface area contributed by atoms with Crippen molar-refractivity contribution in [2.24, 2.45) is 11.5 Å². The van der Waals surface area contributed by atoms with Crippen LogP contribution < -0.4 is 11.5 Å². The van der Waals surface area contributed by atoms with Crippen LogP contribution in [0.3, 0.4) is 0 Å². The van der Waals surface area contributed by atoms with Crippen LogP contribution in [0.15, 0.2) is 34.9 Å². The van der Waals surface area contributed by atoms with Crippen molar-refractivity contribution in [2.75, 3.05) is 0 Å². The summed E-state index contributed by atoms with van der Waals surface area (Å²) >= 11 is 3.46. The lowest BCUT2D eigenvalue weighted by Gasteiger charge is -2.14. The van der Waals surface area contributed by atoms with E-state index in [1.807, 2.05) is 18.2 Å². The second kappa shape index (κ2) is 6.19. The van der Waals surface area contributed by atoms with Crippen LogP contribution in [0.1, 0.15) is 29.4 Å². The molecule has 1 aromatic carbocycles. The smallest absolute Gasteiger partial charge is 0.269 e. The highest BCUT2D eigenvalue weighted by atomic mass is 79.9. The standard InChI is InChI=1S/C14H17BrN4O/c1-2-11(16)8-9-7-10(15)3-4-13(9)19-6-5-12(18-19)14(17)20/h3-7,11H,2,8,16H2,1H3,(H2,17,20). The second-order valence-corrected chi connectivity index (χ2v) is 5.57. The van der Waals surface area contributed by atoms with Crippen molar-refractivity contribution in [3.63, 3.8) is 0 Å². The van der Waals surface area contributed by atoms with E-state index in [4.69, 9.17) is 11.5 Å². The molecule has 6 heteroatoms. The first-order valence-corrected chi connectivity index (χ1v) is 7.20. The topological polar surface area (TPSA) is 86.9 Å². The molecule has 4 N–H and O–H groups in total. The van der Waals surface area contributed by atoms with Crippen LogP contribution in [-0.4, -0.2) is 21.7 Å². The Kier molecular flexibility index (Phi) is 4.57. The van der Waals surface area contributed by atoms with Gasteiger partial charge in [-0.15, -0.1) is 0 Å². The van der Waals surface area contributed by atoms with Crippen molar-refractivity contribution in [1.29, 1.82) is 0 Å². The van der Waals surface area contributed by atoms with Crippen molar-refractivity contribution in [1.82, 2.24) is 9.78 Å². The Morgan fingerprint density at radius 2 is 2.20 bits per heavy atom. The van der Waals surface area contributed by atoms with Crippen molar-refractivity contribution in [3.05, 3.63) is 46.2 Å². The lowest BCUT2D eigenvalue weighted by molar-refractivity contribution is 0.0995. The number of hydrogen-bond donors (Lipinski definition) is 2. The maximum atomic E-state index is 11.1. The van der Waals surface area contributed by atoms with E-state index < -0.39 is 5.91 Å². The number of rotatable bonds is 5. The molecule has 2 rings (SSSR count). The highest BCUT2D eigenvalue weighted by Crippen LogP contribution is 2.21. The van der Waals surface area contributed by atoms with Gasteiger partial charge in [-0.25, -0.2) is 4.68 Å². The molecule has 0 saturated carbocycles. The Morgan fingerprint density at radius 1 is 1.45 bits per heavy atom. The molecule has 2 aromatic rings. The monoisotopic (exact) mass is 336 g/mol. The average Bonchev–Trinajstić information content (AvgIpc) is 2.88. The van der Waals surface area contributed by atoms with Gasteiger partial charge >= 0.3 is 0 Å². The van der Waals surface area contributed by atoms with Crippen LogP contribution in [0.4, 0.5) is 0 Å². The largest absolute Gasteiger partial charge is 0.364 e. The van der Waals surface area contributed by atoms with E-state index >= 15 is 0 Å². The minimum absolute atomic E-state index is 0.0919. The highest BCUT2D eigenvalue weighted by molar-refractivity contribution is 9.10. The zero-order chi connectivity index (χ0) is 14.7. The van der Waals surface area contributed by atoms with Crippen LogP contribution in [-0.2, 0) is 6.42 Å². The van der Waals surface area contributed by atoms with E-state index in [0.717, 1.165) is 28.6 Å². The van der Waals surface area contributed by atoms with E-state index in [1.165, 1.54) is 0 Å². The fourth-order valence-corrected chi connectivity index (χ4v) is 2.37. The molecule has 0 aliphatic heterocycles. The van der Waals surface area contributed by atoms with Gasteiger partial charge in [0.1, 0.15) is 5.69 Å². The van der Waals surface area contributed by atoms with E-state index in [0.29, 0.717) is 0 Å². The molecule has 1 aromatic heterocycles. The van der Waals surface area contributed by atoms with Crippen LogP contribution in [0.5, 0.6) is 0 Å². The number of carbonyl (C=O) groups excluding carboxylic acids is 1. The summed E-state index contributed by atoms with van der Waals surface area (Å²) in [4.78, 5) is 11.1. The third kappa shape index (κ3) is 3.26. The molecule has 20 heavy (non-hydrogen) atoms. The van der Waals surface area contributed by atoms with Gasteiger partial charge in [0.05, 0.1) is 5.69 Å². The van der Waals surface area contributed by atoms with Crippen LogP contribution in [0.2, 0.25) is 0 Å². The lowest BCUT2D eigenvalue weighted by Crippen LogP contribution is -2.22. The quantitative estimate of drug-likeness (QED) is 0.875. The number of nitrogens with two attached hydrogens (primary N) is 2. The Labute approximate surface area is 126 Å². The summed E-state index contributed by atoms with van der Waals surface area (Å²) in [5, 5.41) is 4.19. The molecule has 5 nitrogen and oxygen atoms in total. The first kappa shape index (κ1) is 14.7. The maximum absolute atomic E-state index is 11.1. The Morgan fingerprint density at radius 3 is 2.80 bits per heavy atom. The van der Waals surface area contributed by atoms with E-state index in [2.05, 4.69) is 28.0 Å². The molecule has 1 unspecified atom stereocenters. The fraction of sp³-hybridized carbons (Fsp3) is 0.286. The van der Waals surface area contributed by atoms with Gasteiger partial charge in [-0.1, -0.05) is 22.9 Å². The van der Waals surface area contributed by atoms with Crippen LogP contribution in [0.25, 0.3) is 5.69 Å². The fourth-order valence-electron chi connectivity index (χ4n) is 1.96. The van der Waals surface area contributed by atoms with Gasteiger partial charge in [-0.05, 0) is 42.7 Å². The molecule has 0 spiro atoms. The lowest BCUT2D eigenvalue weighted by atomic mass is 10.0. The molecule has 0 fully saturated rings. The summed E-state index contributed by atoms with van der Waals surface area (Å²) in [6, 6.07) is 7.60. The van der Waals surface area contributed by atoms with Gasteiger partial charge in [-0.2, -0.15) is 5.10 Å². The van der Waals surface area contributed by atoms with Gasteiger partial charge in [0, 0.05) is 16.7 Å². The number of halogens is 1. The zero-order valence-electron chi connectivity index (χ0n) is 11.2. The summed E-state index contributed by atoms with van der Waals surface area (Å²) in [6.07, 6.45) is 3.37. The Hall–Kier alpha value is -1.66. The van der Waals surface area contributed by atoms with Crippen LogP contribution >= 0.6 is 15.9 Å². The van der Waals surface area contributed by atoms with Gasteiger partial charge in [-0.3, -0.25) is 4.79 Å². The number of benzene rings is 1. The summed E-state index contributed by atoms with van der Waals surface area (Å²) in [5.41, 5.74) is 13.5. The molecule has 1 amide bonds. The first-order valence-electron chi connectivity index (χ1n) is 6.41. The molecule has 0 aliphatic rings. The molecule has 0 aliphatic carbocycles. The number of primary amides is 1. The van der Waals surface area contributed by atoms with Gasteiger partial charge in [0.15, 0.2) is 0 Å². The van der Waals surface area contributed by atoms with Gasteiger partial charge in [0.2, 0.25) is 0 Å². The molecular formula is C14H17BrN4O. The summed E-state index contributed by atoms with van der Waals surface area (Å²) in [6.45, 7) is 2.06. The maximum Gasteiger partial charge on any atom is 0.269 e. The number of carbonyl (C=O) groups is 1. The molecule has 0 radical (unpaired) electrons. The molecule has 106 valence electrons. The molecule has 1 heterocycles. The van der Waals surface area contributed by atoms with Crippen LogP contribution in [0, 0.1) is 0 Å². The minimum atomic E-state index is -0.535. The normalized spacial score (nSPS) is 12.3. The summed E-state index contributed by atoms with van der Waals surface area (Å²) in [7, 11) is 0. The zero-order valence-corrected chi connectivity index (χ0v) is 12.8. The third-order valence-electron chi connectivity index (χ3n) is 3.14. The Bertz CT molecular complexity index is 623. The molecular weight excluding hydrogens is 320 g/mol. The average molecular weight is 337 g/mol. The SMILES string of the molecule is CCC(N)Cc1cc(Br)ccc1-n1ccc(C(N)=O)n1. The number of aromatic nitrogens is 2. The summed E-state index contributed by atoms with van der Waals surface area (Å²) in [5.74, 6) is -0.535. The number of hydrogen-bond acceptors (Lipinski definition) is 3. The number of nitrogens with zero attached hydrogens (tertiary/aromatic N) is 2. The highest BCUT2D eigenvalue weighted by Gasteiger charge is 2.12. The van der Waals surface area contributed by atoms with Gasteiger partial charge in [0.25, 0.3) is 5.91 Å². The van der Waals surface area contributed by atoms with Crippen molar-refractivity contribution in [2.45, 2.75) is 25.8 Å². The van der Waals surface area contributed by atoms with E-state index in [-0.39, 0.29) is 11.7 Å². The molecule has 0 bridgehead atoms. The van der Waals surface area contributed by atoms with Crippen molar-refractivity contribution >= 4 is 21.8 Å². The van der Waals surface area contributed by atoms with E-state index in [1.54, 1.807) is 16.9 Å². The molecule has 1 atom stereocenters.